The van der Waals surface area contributed by atoms with Gasteiger partial charge < -0.3 is 9.80 Å². The molecule has 0 spiro atoms. The second-order valence-corrected chi connectivity index (χ2v) is 6.96. The molecule has 1 N–H and O–H groups in total. The van der Waals surface area contributed by atoms with Crippen LogP contribution in [0.15, 0.2) is 0 Å². The molecule has 19 heavy (non-hydrogen) atoms. The maximum absolute atomic E-state index is 10.6. The standard InChI is InChI=1S/C13H28N2O3S/c1-2-3-4-7-14-9-11-15(12-10-14)8-5-6-13-19(16,17)18/h2-13H2,1H3,(H,16,17,18). The lowest BCUT2D eigenvalue weighted by Crippen LogP contribution is -2.46. The van der Waals surface area contributed by atoms with E-state index in [2.05, 4.69) is 16.7 Å². The van der Waals surface area contributed by atoms with Gasteiger partial charge in [-0.3, -0.25) is 4.55 Å². The van der Waals surface area contributed by atoms with Crippen LogP contribution in [0, 0.1) is 0 Å². The summed E-state index contributed by atoms with van der Waals surface area (Å²) < 4.78 is 29.8. The van der Waals surface area contributed by atoms with Crippen LogP contribution in [0.4, 0.5) is 0 Å². The molecule has 1 heterocycles. The Balaban J connectivity index is 2.03. The van der Waals surface area contributed by atoms with Gasteiger partial charge >= 0.3 is 0 Å². The molecule has 0 bridgehead atoms. The number of nitrogens with zero attached hydrogens (tertiary/aromatic N) is 2. The van der Waals surface area contributed by atoms with Crippen molar-refractivity contribution in [2.75, 3.05) is 45.0 Å². The van der Waals surface area contributed by atoms with E-state index in [1.165, 1.54) is 25.8 Å². The Morgan fingerprint density at radius 1 is 0.895 bits per heavy atom. The van der Waals surface area contributed by atoms with E-state index >= 15 is 0 Å². The van der Waals surface area contributed by atoms with Crippen molar-refractivity contribution in [2.24, 2.45) is 0 Å². The summed E-state index contributed by atoms with van der Waals surface area (Å²) in [6, 6.07) is 0. The lowest BCUT2D eigenvalue weighted by Gasteiger charge is -2.34. The predicted octanol–water partition coefficient (Wildman–Crippen LogP) is 1.46. The minimum Gasteiger partial charge on any atom is -0.301 e. The molecule has 0 saturated carbocycles. The summed E-state index contributed by atoms with van der Waals surface area (Å²) in [4.78, 5) is 4.91. The van der Waals surface area contributed by atoms with Crippen molar-refractivity contribution in [2.45, 2.75) is 39.0 Å². The van der Waals surface area contributed by atoms with E-state index in [4.69, 9.17) is 4.55 Å². The molecule has 6 heteroatoms. The number of rotatable bonds is 9. The normalized spacial score (nSPS) is 18.8. The zero-order valence-corrected chi connectivity index (χ0v) is 12.9. The van der Waals surface area contributed by atoms with Crippen molar-refractivity contribution in [1.82, 2.24) is 9.80 Å². The van der Waals surface area contributed by atoms with Crippen LogP contribution >= 0.6 is 0 Å². The van der Waals surface area contributed by atoms with Crippen molar-refractivity contribution >= 4 is 10.1 Å². The minimum atomic E-state index is -3.78. The third kappa shape index (κ3) is 8.57. The van der Waals surface area contributed by atoms with Gasteiger partial charge in [0.1, 0.15) is 0 Å². The van der Waals surface area contributed by atoms with Crippen LogP contribution in [-0.2, 0) is 10.1 Å². The zero-order valence-electron chi connectivity index (χ0n) is 12.1. The largest absolute Gasteiger partial charge is 0.301 e. The van der Waals surface area contributed by atoms with Gasteiger partial charge in [0.15, 0.2) is 0 Å². The van der Waals surface area contributed by atoms with Gasteiger partial charge in [-0.15, -0.1) is 0 Å². The van der Waals surface area contributed by atoms with Gasteiger partial charge in [-0.25, -0.2) is 0 Å². The van der Waals surface area contributed by atoms with Crippen molar-refractivity contribution in [3.05, 3.63) is 0 Å². The summed E-state index contributed by atoms with van der Waals surface area (Å²) in [6.45, 7) is 8.80. The molecule has 1 aliphatic rings. The molecule has 1 aliphatic heterocycles. The Morgan fingerprint density at radius 3 is 1.79 bits per heavy atom. The van der Waals surface area contributed by atoms with Gasteiger partial charge in [0.05, 0.1) is 5.75 Å². The van der Waals surface area contributed by atoms with E-state index in [1.54, 1.807) is 0 Å². The molecule has 0 aromatic rings. The number of hydrogen-bond donors (Lipinski definition) is 1. The molecule has 5 nitrogen and oxygen atoms in total. The molecule has 0 aromatic heterocycles. The van der Waals surface area contributed by atoms with Crippen molar-refractivity contribution < 1.29 is 13.0 Å². The Hall–Kier alpha value is -0.170. The topological polar surface area (TPSA) is 60.9 Å². The lowest BCUT2D eigenvalue weighted by atomic mass is 10.2. The second kappa shape index (κ2) is 8.89. The fourth-order valence-corrected chi connectivity index (χ4v) is 3.01. The summed E-state index contributed by atoms with van der Waals surface area (Å²) >= 11 is 0. The summed E-state index contributed by atoms with van der Waals surface area (Å²) in [5.41, 5.74) is 0. The Labute approximate surface area is 117 Å². The van der Waals surface area contributed by atoms with Gasteiger partial charge in [0, 0.05) is 26.2 Å². The maximum atomic E-state index is 10.6. The average Bonchev–Trinajstić information content (AvgIpc) is 2.36. The highest BCUT2D eigenvalue weighted by Crippen LogP contribution is 2.06. The van der Waals surface area contributed by atoms with Crippen LogP contribution in [0.5, 0.6) is 0 Å². The maximum Gasteiger partial charge on any atom is 0.264 e. The second-order valence-electron chi connectivity index (χ2n) is 5.38. The van der Waals surface area contributed by atoms with Crippen molar-refractivity contribution in [3.63, 3.8) is 0 Å². The van der Waals surface area contributed by atoms with Crippen LogP contribution in [0.25, 0.3) is 0 Å². The predicted molar refractivity (Wildman–Crippen MR) is 78.1 cm³/mol. The summed E-state index contributed by atoms with van der Waals surface area (Å²) in [5, 5.41) is 0. The van der Waals surface area contributed by atoms with E-state index in [-0.39, 0.29) is 5.75 Å². The van der Waals surface area contributed by atoms with Crippen molar-refractivity contribution in [1.29, 1.82) is 0 Å². The monoisotopic (exact) mass is 292 g/mol. The van der Waals surface area contributed by atoms with Gasteiger partial charge in [-0.05, 0) is 32.4 Å². The van der Waals surface area contributed by atoms with Crippen LogP contribution < -0.4 is 0 Å². The molecule has 1 fully saturated rings. The van der Waals surface area contributed by atoms with Crippen LogP contribution in [0.1, 0.15) is 39.0 Å². The first-order chi connectivity index (χ1) is 9.01. The number of unbranched alkanes of at least 4 members (excludes halogenated alkanes) is 3. The first kappa shape index (κ1) is 16.9. The van der Waals surface area contributed by atoms with Crippen LogP contribution in [0.2, 0.25) is 0 Å². The average molecular weight is 292 g/mol. The zero-order chi connectivity index (χ0) is 14.1. The molecule has 1 rings (SSSR count). The van der Waals surface area contributed by atoms with E-state index < -0.39 is 10.1 Å². The summed E-state index contributed by atoms with van der Waals surface area (Å²) in [5.74, 6) is -0.107. The molecule has 0 aliphatic carbocycles. The quantitative estimate of drug-likeness (QED) is 0.515. The van der Waals surface area contributed by atoms with Gasteiger partial charge in [-0.1, -0.05) is 19.8 Å². The molecule has 0 atom stereocenters. The first-order valence-corrected chi connectivity index (χ1v) is 9.02. The summed E-state index contributed by atoms with van der Waals surface area (Å²) in [6.07, 6.45) is 5.28. The highest BCUT2D eigenvalue weighted by atomic mass is 32.2. The number of piperazine rings is 1. The molecule has 0 aromatic carbocycles. The molecular weight excluding hydrogens is 264 g/mol. The van der Waals surface area contributed by atoms with E-state index in [1.807, 2.05) is 0 Å². The molecule has 0 radical (unpaired) electrons. The molecule has 0 unspecified atom stereocenters. The smallest absolute Gasteiger partial charge is 0.264 e. The van der Waals surface area contributed by atoms with Gasteiger partial charge in [0.2, 0.25) is 0 Å². The lowest BCUT2D eigenvalue weighted by molar-refractivity contribution is 0.129. The Kier molecular flexibility index (Phi) is 7.90. The SMILES string of the molecule is CCCCCN1CCN(CCCCS(=O)(=O)O)CC1. The summed E-state index contributed by atoms with van der Waals surface area (Å²) in [7, 11) is -3.78. The molecule has 0 amide bonds. The minimum absolute atomic E-state index is 0.107. The molecular formula is C13H28N2O3S. The van der Waals surface area contributed by atoms with Gasteiger partial charge in [0.25, 0.3) is 10.1 Å². The Morgan fingerprint density at radius 2 is 1.37 bits per heavy atom. The van der Waals surface area contributed by atoms with Crippen molar-refractivity contribution in [3.8, 4) is 0 Å². The highest BCUT2D eigenvalue weighted by molar-refractivity contribution is 7.85. The Bertz CT molecular complexity index is 325. The third-order valence-electron chi connectivity index (χ3n) is 3.67. The van der Waals surface area contributed by atoms with Crippen LogP contribution in [-0.4, -0.2) is 67.8 Å². The van der Waals surface area contributed by atoms with E-state index in [9.17, 15) is 8.42 Å². The molecule has 1 saturated heterocycles. The number of hydrogen-bond acceptors (Lipinski definition) is 4. The third-order valence-corrected chi connectivity index (χ3v) is 4.47. The van der Waals surface area contributed by atoms with Crippen LogP contribution in [0.3, 0.4) is 0 Å². The molecule has 114 valence electrons. The highest BCUT2D eigenvalue weighted by Gasteiger charge is 2.15. The fourth-order valence-electron chi connectivity index (χ4n) is 2.44. The first-order valence-electron chi connectivity index (χ1n) is 7.41. The van der Waals surface area contributed by atoms with E-state index in [0.717, 1.165) is 39.1 Å². The fraction of sp³-hybridized carbons (Fsp3) is 1.00. The van der Waals surface area contributed by atoms with E-state index in [0.29, 0.717) is 6.42 Å². The van der Waals surface area contributed by atoms with Gasteiger partial charge in [-0.2, -0.15) is 8.42 Å².